The number of benzene rings is 1. The lowest BCUT2D eigenvalue weighted by Crippen LogP contribution is -2.35. The van der Waals surface area contributed by atoms with Gasteiger partial charge in [0.1, 0.15) is 11.3 Å². The number of nitrogens with zero attached hydrogens (tertiary/aromatic N) is 1. The van der Waals surface area contributed by atoms with Crippen LogP contribution in [0.5, 0.6) is 0 Å². The van der Waals surface area contributed by atoms with E-state index >= 15 is 0 Å². The Kier molecular flexibility index (Phi) is 5.06. The van der Waals surface area contributed by atoms with Crippen LogP contribution >= 0.6 is 15.9 Å². The van der Waals surface area contributed by atoms with E-state index in [2.05, 4.69) is 29.8 Å². The van der Waals surface area contributed by atoms with Crippen LogP contribution in [0.25, 0.3) is 11.0 Å². The summed E-state index contributed by atoms with van der Waals surface area (Å²) in [5.41, 5.74) is 0.819. The highest BCUT2D eigenvalue weighted by Crippen LogP contribution is 2.29. The van der Waals surface area contributed by atoms with Gasteiger partial charge in [-0.3, -0.25) is 9.69 Å². The first-order chi connectivity index (χ1) is 9.86. The van der Waals surface area contributed by atoms with Crippen LogP contribution < -0.4 is 0 Å². The van der Waals surface area contributed by atoms with E-state index in [1.165, 1.54) is 0 Å². The molecular weight excluding hydrogens is 334 g/mol. The van der Waals surface area contributed by atoms with Crippen molar-refractivity contribution in [2.24, 2.45) is 5.92 Å². The molecule has 0 aliphatic rings. The third kappa shape index (κ3) is 4.08. The maximum absolute atomic E-state index is 11.1. The summed E-state index contributed by atoms with van der Waals surface area (Å²) in [6, 6.07) is 7.76. The van der Waals surface area contributed by atoms with Gasteiger partial charge in [-0.05, 0) is 37.1 Å². The molecule has 1 heterocycles. The Balaban J connectivity index is 2.28. The fraction of sp³-hybridized carbons (Fsp3) is 0.438. The van der Waals surface area contributed by atoms with Gasteiger partial charge in [-0.2, -0.15) is 0 Å². The van der Waals surface area contributed by atoms with Gasteiger partial charge in [-0.15, -0.1) is 0 Å². The number of carboxylic acids is 1. The number of furan rings is 1. The molecule has 4 nitrogen and oxygen atoms in total. The molecule has 1 unspecified atom stereocenters. The lowest BCUT2D eigenvalue weighted by atomic mass is 10.1. The van der Waals surface area contributed by atoms with E-state index in [0.29, 0.717) is 12.5 Å². The highest BCUT2D eigenvalue weighted by molar-refractivity contribution is 9.10. The van der Waals surface area contributed by atoms with Crippen molar-refractivity contribution in [2.75, 3.05) is 13.1 Å². The summed E-state index contributed by atoms with van der Waals surface area (Å²) in [6.07, 6.45) is 0. The normalized spacial score (nSPS) is 13.2. The Hall–Kier alpha value is -1.33. The Morgan fingerprint density at radius 1 is 1.33 bits per heavy atom. The summed E-state index contributed by atoms with van der Waals surface area (Å²) >= 11 is 3.44. The predicted octanol–water partition coefficient (Wildman–Crippen LogP) is 4.30. The standard InChI is InChI=1S/C16H20BrNO3/c1-10(2)8-18(9-16(19)20)11(3)15-7-12-6-13(17)4-5-14(12)21-15/h4-7,10-11H,8-9H2,1-3H3,(H,19,20). The van der Waals surface area contributed by atoms with Crippen LogP contribution in [0.4, 0.5) is 0 Å². The van der Waals surface area contributed by atoms with E-state index in [1.54, 1.807) is 0 Å². The third-order valence-corrected chi connectivity index (χ3v) is 3.89. The predicted molar refractivity (Wildman–Crippen MR) is 86.4 cm³/mol. The van der Waals surface area contributed by atoms with Gasteiger partial charge in [0.15, 0.2) is 0 Å². The number of aliphatic carboxylic acids is 1. The van der Waals surface area contributed by atoms with Crippen molar-refractivity contribution in [3.05, 3.63) is 34.5 Å². The Morgan fingerprint density at radius 2 is 2.05 bits per heavy atom. The molecular formula is C16H20BrNO3. The second-order valence-corrected chi connectivity index (χ2v) is 6.64. The minimum Gasteiger partial charge on any atom is -0.480 e. The third-order valence-electron chi connectivity index (χ3n) is 3.39. The molecule has 2 aromatic rings. The molecule has 1 N–H and O–H groups in total. The second-order valence-electron chi connectivity index (χ2n) is 5.72. The summed E-state index contributed by atoms with van der Waals surface area (Å²) < 4.78 is 6.87. The molecule has 0 fully saturated rings. The maximum Gasteiger partial charge on any atom is 0.317 e. The lowest BCUT2D eigenvalue weighted by molar-refractivity contribution is -0.139. The van der Waals surface area contributed by atoms with E-state index in [9.17, 15) is 4.79 Å². The van der Waals surface area contributed by atoms with Gasteiger partial charge in [-0.1, -0.05) is 29.8 Å². The first-order valence-corrected chi connectivity index (χ1v) is 7.81. The maximum atomic E-state index is 11.1. The monoisotopic (exact) mass is 353 g/mol. The highest BCUT2D eigenvalue weighted by Gasteiger charge is 2.22. The first-order valence-electron chi connectivity index (χ1n) is 7.01. The van der Waals surface area contributed by atoms with Gasteiger partial charge >= 0.3 is 5.97 Å². The largest absolute Gasteiger partial charge is 0.480 e. The number of carbonyl (C=O) groups is 1. The fourth-order valence-corrected chi connectivity index (χ4v) is 2.80. The number of fused-ring (bicyclic) bond motifs is 1. The topological polar surface area (TPSA) is 53.7 Å². The lowest BCUT2D eigenvalue weighted by Gasteiger charge is -2.27. The summed E-state index contributed by atoms with van der Waals surface area (Å²) in [5.74, 6) is 0.372. The Bertz CT molecular complexity index is 635. The molecule has 0 amide bonds. The van der Waals surface area contributed by atoms with Crippen LogP contribution in [0.1, 0.15) is 32.6 Å². The number of carboxylic acid groups (broad SMARTS) is 1. The Labute approximate surface area is 132 Å². The SMILES string of the molecule is CC(C)CN(CC(=O)O)C(C)c1cc2cc(Br)ccc2o1. The van der Waals surface area contributed by atoms with Crippen LogP contribution in [-0.4, -0.2) is 29.1 Å². The van der Waals surface area contributed by atoms with Gasteiger partial charge < -0.3 is 9.52 Å². The van der Waals surface area contributed by atoms with E-state index in [4.69, 9.17) is 9.52 Å². The summed E-state index contributed by atoms with van der Waals surface area (Å²) in [6.45, 7) is 6.88. The number of hydrogen-bond acceptors (Lipinski definition) is 3. The van der Waals surface area contributed by atoms with Gasteiger partial charge in [0.05, 0.1) is 12.6 Å². The van der Waals surface area contributed by atoms with Gasteiger partial charge in [-0.25, -0.2) is 0 Å². The molecule has 114 valence electrons. The molecule has 0 aliphatic heterocycles. The van der Waals surface area contributed by atoms with E-state index in [1.807, 2.05) is 36.1 Å². The molecule has 1 aromatic carbocycles. The van der Waals surface area contributed by atoms with Crippen LogP contribution in [0.2, 0.25) is 0 Å². The van der Waals surface area contributed by atoms with Crippen LogP contribution in [0.15, 0.2) is 33.2 Å². The van der Waals surface area contributed by atoms with Crippen molar-refractivity contribution in [3.63, 3.8) is 0 Å². The minimum atomic E-state index is -0.818. The van der Waals surface area contributed by atoms with Gasteiger partial charge in [0.25, 0.3) is 0 Å². The average Bonchev–Trinajstić information content (AvgIpc) is 2.78. The zero-order valence-corrected chi connectivity index (χ0v) is 14.1. The van der Waals surface area contributed by atoms with Crippen LogP contribution in [0.3, 0.4) is 0 Å². The van der Waals surface area contributed by atoms with E-state index < -0.39 is 5.97 Å². The van der Waals surface area contributed by atoms with Gasteiger partial charge in [0, 0.05) is 16.4 Å². The smallest absolute Gasteiger partial charge is 0.317 e. The minimum absolute atomic E-state index is 0.0140. The summed E-state index contributed by atoms with van der Waals surface area (Å²) in [5, 5.41) is 10.1. The van der Waals surface area contributed by atoms with E-state index in [0.717, 1.165) is 21.2 Å². The van der Waals surface area contributed by atoms with Crippen molar-refractivity contribution >= 4 is 32.9 Å². The molecule has 2 rings (SSSR count). The van der Waals surface area contributed by atoms with Crippen molar-refractivity contribution in [2.45, 2.75) is 26.8 Å². The number of rotatable bonds is 6. The van der Waals surface area contributed by atoms with Crippen LogP contribution in [-0.2, 0) is 4.79 Å². The Morgan fingerprint density at radius 3 is 2.67 bits per heavy atom. The number of halogens is 1. The molecule has 0 saturated carbocycles. The molecule has 0 aliphatic carbocycles. The quantitative estimate of drug-likeness (QED) is 0.840. The summed E-state index contributed by atoms with van der Waals surface area (Å²) in [7, 11) is 0. The molecule has 5 heteroatoms. The molecule has 0 bridgehead atoms. The summed E-state index contributed by atoms with van der Waals surface area (Å²) in [4.78, 5) is 13.0. The molecule has 1 atom stereocenters. The zero-order chi connectivity index (χ0) is 15.6. The second kappa shape index (κ2) is 6.62. The van der Waals surface area contributed by atoms with Crippen molar-refractivity contribution in [1.29, 1.82) is 0 Å². The van der Waals surface area contributed by atoms with Crippen molar-refractivity contribution in [3.8, 4) is 0 Å². The molecule has 0 saturated heterocycles. The average molecular weight is 354 g/mol. The van der Waals surface area contributed by atoms with Crippen molar-refractivity contribution < 1.29 is 14.3 Å². The van der Waals surface area contributed by atoms with Gasteiger partial charge in [0.2, 0.25) is 0 Å². The van der Waals surface area contributed by atoms with Crippen molar-refractivity contribution in [1.82, 2.24) is 4.90 Å². The number of hydrogen-bond donors (Lipinski definition) is 1. The van der Waals surface area contributed by atoms with Crippen LogP contribution in [0, 0.1) is 5.92 Å². The van der Waals surface area contributed by atoms with E-state index in [-0.39, 0.29) is 12.6 Å². The molecule has 0 spiro atoms. The zero-order valence-electron chi connectivity index (χ0n) is 12.5. The fourth-order valence-electron chi connectivity index (χ4n) is 2.42. The molecule has 1 aromatic heterocycles. The molecule has 0 radical (unpaired) electrons. The molecule has 21 heavy (non-hydrogen) atoms. The highest BCUT2D eigenvalue weighted by atomic mass is 79.9. The first kappa shape index (κ1) is 16.0.